The minimum atomic E-state index is -0.432. The average Bonchev–Trinajstić information content (AvgIpc) is 2.31. The predicted octanol–water partition coefficient (Wildman–Crippen LogP) is 2.44. The largest absolute Gasteiger partial charge is 0.504 e. The molecule has 0 unspecified atom stereocenters. The molecule has 2 N–H and O–H groups in total. The average molecular weight is 301 g/mol. The van der Waals surface area contributed by atoms with Crippen LogP contribution in [0.3, 0.4) is 0 Å². The molecule has 0 amide bonds. The molecule has 0 aliphatic heterocycles. The van der Waals surface area contributed by atoms with E-state index in [-0.39, 0.29) is 11.5 Å². The molecule has 0 saturated carbocycles. The maximum absolute atomic E-state index is 11.2. The van der Waals surface area contributed by atoms with Gasteiger partial charge in [-0.15, -0.1) is 0 Å². The lowest BCUT2D eigenvalue weighted by Crippen LogP contribution is -2.02. The first-order valence-electron chi connectivity index (χ1n) is 5.06. The van der Waals surface area contributed by atoms with E-state index in [1.807, 2.05) is 0 Å². The maximum Gasteiger partial charge on any atom is 0.330 e. The summed E-state index contributed by atoms with van der Waals surface area (Å²) in [5.74, 6) is -0.847. The molecule has 0 aliphatic carbocycles. The van der Waals surface area contributed by atoms with Crippen molar-refractivity contribution < 1.29 is 19.7 Å². The highest BCUT2D eigenvalue weighted by Gasteiger charge is 1.99. The van der Waals surface area contributed by atoms with Crippen molar-refractivity contribution in [2.24, 2.45) is 0 Å². The second kappa shape index (κ2) is 6.96. The fourth-order valence-corrected chi connectivity index (χ4v) is 1.31. The summed E-state index contributed by atoms with van der Waals surface area (Å²) in [6.45, 7) is 0.370. The smallest absolute Gasteiger partial charge is 0.330 e. The number of halogens is 1. The molecule has 0 saturated heterocycles. The lowest BCUT2D eigenvalue weighted by Gasteiger charge is -2.00. The van der Waals surface area contributed by atoms with Crippen molar-refractivity contribution in [3.05, 3.63) is 29.8 Å². The first kappa shape index (κ1) is 13.6. The van der Waals surface area contributed by atoms with E-state index < -0.39 is 5.97 Å². The standard InChI is InChI=1S/C12H13BrO4/c13-6-1-7-17-12(16)5-3-9-2-4-10(14)11(15)8-9/h2-5,8,14-15H,1,6-7H2/b5-3+. The summed E-state index contributed by atoms with van der Waals surface area (Å²) in [4.78, 5) is 11.2. The van der Waals surface area contributed by atoms with Crippen molar-refractivity contribution in [3.63, 3.8) is 0 Å². The molecule has 17 heavy (non-hydrogen) atoms. The van der Waals surface area contributed by atoms with Gasteiger partial charge in [0.1, 0.15) is 0 Å². The molecule has 92 valence electrons. The summed E-state index contributed by atoms with van der Waals surface area (Å²) in [6.07, 6.45) is 3.55. The second-order valence-corrected chi connectivity index (χ2v) is 4.08. The third-order valence-corrected chi connectivity index (χ3v) is 2.49. The number of hydrogen-bond donors (Lipinski definition) is 2. The van der Waals surface area contributed by atoms with Crippen LogP contribution in [0.5, 0.6) is 11.5 Å². The SMILES string of the molecule is O=C(/C=C/c1ccc(O)c(O)c1)OCCCBr. The Morgan fingerprint density at radius 3 is 2.76 bits per heavy atom. The number of phenols is 2. The highest BCUT2D eigenvalue weighted by Crippen LogP contribution is 2.25. The van der Waals surface area contributed by atoms with E-state index in [4.69, 9.17) is 9.84 Å². The number of ether oxygens (including phenoxy) is 1. The summed E-state index contributed by atoms with van der Waals surface area (Å²) < 4.78 is 4.89. The van der Waals surface area contributed by atoms with Gasteiger partial charge in [-0.3, -0.25) is 0 Å². The summed E-state index contributed by atoms with van der Waals surface area (Å²) in [5.41, 5.74) is 0.609. The zero-order valence-electron chi connectivity index (χ0n) is 9.10. The molecule has 0 atom stereocenters. The molecule has 0 aromatic heterocycles. The second-order valence-electron chi connectivity index (χ2n) is 3.29. The number of esters is 1. The molecule has 1 rings (SSSR count). The van der Waals surface area contributed by atoms with E-state index in [1.54, 1.807) is 6.07 Å². The van der Waals surface area contributed by atoms with Crippen molar-refractivity contribution in [2.75, 3.05) is 11.9 Å². The van der Waals surface area contributed by atoms with E-state index in [9.17, 15) is 9.90 Å². The Kier molecular flexibility index (Phi) is 5.56. The molecule has 4 nitrogen and oxygen atoms in total. The van der Waals surface area contributed by atoms with Crippen LogP contribution in [-0.4, -0.2) is 28.1 Å². The Labute approximate surface area is 108 Å². The first-order chi connectivity index (χ1) is 8.13. The number of phenolic OH excluding ortho intramolecular Hbond substituents is 2. The molecule has 5 heteroatoms. The zero-order chi connectivity index (χ0) is 12.7. The summed E-state index contributed by atoms with van der Waals surface area (Å²) in [6, 6.07) is 4.29. The minimum Gasteiger partial charge on any atom is -0.504 e. The van der Waals surface area contributed by atoms with Gasteiger partial charge in [-0.1, -0.05) is 22.0 Å². The van der Waals surface area contributed by atoms with Gasteiger partial charge in [0.25, 0.3) is 0 Å². The van der Waals surface area contributed by atoms with Crippen LogP contribution in [0.1, 0.15) is 12.0 Å². The van der Waals surface area contributed by atoms with E-state index in [2.05, 4.69) is 15.9 Å². The van der Waals surface area contributed by atoms with Crippen molar-refractivity contribution in [1.29, 1.82) is 0 Å². The molecule has 0 aliphatic rings. The number of benzene rings is 1. The van der Waals surface area contributed by atoms with Gasteiger partial charge in [-0.2, -0.15) is 0 Å². The van der Waals surface area contributed by atoms with Gasteiger partial charge in [0.15, 0.2) is 11.5 Å². The Morgan fingerprint density at radius 2 is 2.12 bits per heavy atom. The van der Waals surface area contributed by atoms with E-state index in [0.717, 1.165) is 11.8 Å². The normalized spacial score (nSPS) is 10.6. The van der Waals surface area contributed by atoms with Crippen LogP contribution in [0.15, 0.2) is 24.3 Å². The fraction of sp³-hybridized carbons (Fsp3) is 0.250. The predicted molar refractivity (Wildman–Crippen MR) is 68.2 cm³/mol. The lowest BCUT2D eigenvalue weighted by atomic mass is 10.2. The highest BCUT2D eigenvalue weighted by atomic mass is 79.9. The molecular weight excluding hydrogens is 288 g/mol. The minimum absolute atomic E-state index is 0.193. The van der Waals surface area contributed by atoms with E-state index in [0.29, 0.717) is 12.2 Å². The molecule has 0 radical (unpaired) electrons. The number of hydrogen-bond acceptors (Lipinski definition) is 4. The van der Waals surface area contributed by atoms with Crippen LogP contribution < -0.4 is 0 Å². The van der Waals surface area contributed by atoms with Crippen LogP contribution in [-0.2, 0) is 9.53 Å². The quantitative estimate of drug-likeness (QED) is 0.288. The van der Waals surface area contributed by atoms with Gasteiger partial charge in [0.2, 0.25) is 0 Å². The van der Waals surface area contributed by atoms with Gasteiger partial charge in [-0.25, -0.2) is 4.79 Å². The number of alkyl halides is 1. The Morgan fingerprint density at radius 1 is 1.35 bits per heavy atom. The Hall–Kier alpha value is -1.49. The highest BCUT2D eigenvalue weighted by molar-refractivity contribution is 9.09. The molecule has 0 heterocycles. The Balaban J connectivity index is 2.52. The van der Waals surface area contributed by atoms with Gasteiger partial charge < -0.3 is 14.9 Å². The van der Waals surface area contributed by atoms with Gasteiger partial charge in [0.05, 0.1) is 6.61 Å². The third kappa shape index (κ3) is 4.91. The maximum atomic E-state index is 11.2. The van der Waals surface area contributed by atoms with Crippen molar-refractivity contribution in [2.45, 2.75) is 6.42 Å². The lowest BCUT2D eigenvalue weighted by molar-refractivity contribution is -0.137. The molecule has 0 bridgehead atoms. The first-order valence-corrected chi connectivity index (χ1v) is 6.18. The van der Waals surface area contributed by atoms with Gasteiger partial charge in [0, 0.05) is 11.4 Å². The fourth-order valence-electron chi connectivity index (χ4n) is 1.08. The Bertz CT molecular complexity index is 415. The van der Waals surface area contributed by atoms with E-state index in [1.165, 1.54) is 24.3 Å². The van der Waals surface area contributed by atoms with Crippen LogP contribution >= 0.6 is 15.9 Å². The molecule has 0 spiro atoms. The summed E-state index contributed by atoms with van der Waals surface area (Å²) >= 11 is 3.23. The molecule has 1 aromatic carbocycles. The van der Waals surface area contributed by atoms with Crippen LogP contribution in [0.4, 0.5) is 0 Å². The zero-order valence-corrected chi connectivity index (χ0v) is 10.7. The molecule has 0 fully saturated rings. The number of carbonyl (C=O) groups is 1. The molecular formula is C12H13BrO4. The summed E-state index contributed by atoms with van der Waals surface area (Å²) in [7, 11) is 0. The molecule has 1 aromatic rings. The number of rotatable bonds is 5. The van der Waals surface area contributed by atoms with Crippen LogP contribution in [0.25, 0.3) is 6.08 Å². The summed E-state index contributed by atoms with van der Waals surface area (Å²) in [5, 5.41) is 19.1. The van der Waals surface area contributed by atoms with Crippen molar-refractivity contribution >= 4 is 28.0 Å². The van der Waals surface area contributed by atoms with Crippen molar-refractivity contribution in [1.82, 2.24) is 0 Å². The van der Waals surface area contributed by atoms with Gasteiger partial charge in [-0.05, 0) is 30.2 Å². The van der Waals surface area contributed by atoms with Crippen LogP contribution in [0, 0.1) is 0 Å². The third-order valence-electron chi connectivity index (χ3n) is 1.93. The van der Waals surface area contributed by atoms with Crippen LogP contribution in [0.2, 0.25) is 0 Å². The van der Waals surface area contributed by atoms with Gasteiger partial charge >= 0.3 is 5.97 Å². The van der Waals surface area contributed by atoms with Crippen molar-refractivity contribution in [3.8, 4) is 11.5 Å². The number of carbonyl (C=O) groups excluding carboxylic acids is 1. The van der Waals surface area contributed by atoms with E-state index >= 15 is 0 Å². The monoisotopic (exact) mass is 300 g/mol. The number of aromatic hydroxyl groups is 2. The topological polar surface area (TPSA) is 66.8 Å².